The third-order valence-electron chi connectivity index (χ3n) is 2.95. The highest BCUT2D eigenvalue weighted by Crippen LogP contribution is 2.07. The minimum Gasteiger partial charge on any atom is -0.349 e. The van der Waals surface area contributed by atoms with Crippen molar-refractivity contribution in [3.63, 3.8) is 0 Å². The van der Waals surface area contributed by atoms with E-state index < -0.39 is 11.7 Å². The first-order valence-electron chi connectivity index (χ1n) is 7.69. The molecule has 0 aliphatic rings. The zero-order chi connectivity index (χ0) is 18.1. The maximum Gasteiger partial charge on any atom is 0.275 e. The molecule has 0 spiro atoms. The standard InChI is InChI=1S/C16H23FN4O3/c1-11(2)19-16(24)10-21(3)9-15(23)18-8-14(22)20-13-6-4-12(17)5-7-13/h4-7,11H,8-10H2,1-3H3,(H,18,23)(H,19,24)(H,20,22)/p+1. The number of halogens is 1. The van der Waals surface area contributed by atoms with Crippen LogP contribution in [0, 0.1) is 5.82 Å². The Bertz CT molecular complexity index is 575. The van der Waals surface area contributed by atoms with E-state index in [2.05, 4.69) is 16.0 Å². The molecule has 0 aliphatic carbocycles. The second-order valence-corrected chi connectivity index (χ2v) is 5.86. The number of benzene rings is 1. The van der Waals surface area contributed by atoms with Crippen molar-refractivity contribution in [1.29, 1.82) is 0 Å². The average Bonchev–Trinajstić information content (AvgIpc) is 2.46. The van der Waals surface area contributed by atoms with E-state index in [1.807, 2.05) is 13.8 Å². The molecule has 1 rings (SSSR count). The van der Waals surface area contributed by atoms with Gasteiger partial charge < -0.3 is 20.9 Å². The molecule has 4 N–H and O–H groups in total. The minimum absolute atomic E-state index is 0.0503. The van der Waals surface area contributed by atoms with Gasteiger partial charge in [-0.3, -0.25) is 14.4 Å². The minimum atomic E-state index is -0.412. The van der Waals surface area contributed by atoms with E-state index in [-0.39, 0.29) is 37.5 Å². The molecule has 0 aromatic heterocycles. The molecule has 7 nitrogen and oxygen atoms in total. The van der Waals surface area contributed by atoms with Gasteiger partial charge in [-0.05, 0) is 38.1 Å². The second-order valence-electron chi connectivity index (χ2n) is 5.86. The fraction of sp³-hybridized carbons (Fsp3) is 0.438. The zero-order valence-corrected chi connectivity index (χ0v) is 14.1. The molecule has 0 fully saturated rings. The normalized spacial score (nSPS) is 11.7. The Labute approximate surface area is 140 Å². The van der Waals surface area contributed by atoms with Crippen LogP contribution in [0.3, 0.4) is 0 Å². The van der Waals surface area contributed by atoms with Crippen LogP contribution in [0.5, 0.6) is 0 Å². The lowest BCUT2D eigenvalue weighted by Crippen LogP contribution is -3.11. The summed E-state index contributed by atoms with van der Waals surface area (Å²) in [6, 6.07) is 5.37. The monoisotopic (exact) mass is 339 g/mol. The van der Waals surface area contributed by atoms with Crippen LogP contribution in [0.15, 0.2) is 24.3 Å². The lowest BCUT2D eigenvalue weighted by molar-refractivity contribution is -0.862. The van der Waals surface area contributed by atoms with Crippen LogP contribution in [0.25, 0.3) is 0 Å². The summed E-state index contributed by atoms with van der Waals surface area (Å²) in [5.74, 6) is -1.28. The summed E-state index contributed by atoms with van der Waals surface area (Å²) in [4.78, 5) is 35.8. The molecule has 8 heteroatoms. The Kier molecular flexibility index (Phi) is 7.84. The highest BCUT2D eigenvalue weighted by atomic mass is 19.1. The van der Waals surface area contributed by atoms with Crippen molar-refractivity contribution in [2.24, 2.45) is 0 Å². The SMILES string of the molecule is CC(C)NC(=O)C[NH+](C)CC(=O)NCC(=O)Nc1ccc(F)cc1. The summed E-state index contributed by atoms with van der Waals surface area (Å²) in [7, 11) is 1.72. The second kappa shape index (κ2) is 9.61. The molecule has 0 aliphatic heterocycles. The van der Waals surface area contributed by atoms with Gasteiger partial charge >= 0.3 is 0 Å². The smallest absolute Gasteiger partial charge is 0.275 e. The van der Waals surface area contributed by atoms with Crippen LogP contribution in [-0.4, -0.2) is 50.4 Å². The van der Waals surface area contributed by atoms with Crippen LogP contribution in [0.2, 0.25) is 0 Å². The molecule has 3 amide bonds. The topological polar surface area (TPSA) is 91.7 Å². The first kappa shape index (κ1) is 19.6. The van der Waals surface area contributed by atoms with Crippen LogP contribution in [-0.2, 0) is 14.4 Å². The van der Waals surface area contributed by atoms with Crippen molar-refractivity contribution in [3.05, 3.63) is 30.1 Å². The number of anilines is 1. The molecule has 24 heavy (non-hydrogen) atoms. The number of carbonyl (C=O) groups is 3. The summed E-state index contributed by atoms with van der Waals surface area (Å²) < 4.78 is 12.8. The van der Waals surface area contributed by atoms with Crippen LogP contribution in [0.1, 0.15) is 13.8 Å². The molecule has 1 atom stereocenters. The summed E-state index contributed by atoms with van der Waals surface area (Å²) in [6.45, 7) is 3.78. The summed E-state index contributed by atoms with van der Waals surface area (Å²) >= 11 is 0. The number of likely N-dealkylation sites (N-methyl/N-ethyl adjacent to an activating group) is 1. The van der Waals surface area contributed by atoms with E-state index in [9.17, 15) is 18.8 Å². The van der Waals surface area contributed by atoms with E-state index >= 15 is 0 Å². The number of amides is 3. The predicted octanol–water partition coefficient (Wildman–Crippen LogP) is -1.08. The fourth-order valence-electron chi connectivity index (χ4n) is 1.96. The largest absolute Gasteiger partial charge is 0.349 e. The molecule has 1 unspecified atom stereocenters. The van der Waals surface area contributed by atoms with Gasteiger partial charge in [0.1, 0.15) is 5.82 Å². The Balaban J connectivity index is 2.28. The maximum atomic E-state index is 12.8. The number of quaternary nitrogens is 1. The van der Waals surface area contributed by atoms with Crippen molar-refractivity contribution >= 4 is 23.4 Å². The van der Waals surface area contributed by atoms with Gasteiger partial charge in [0.05, 0.1) is 13.6 Å². The lowest BCUT2D eigenvalue weighted by Gasteiger charge is -2.14. The molecule has 0 saturated carbocycles. The van der Waals surface area contributed by atoms with Crippen LogP contribution in [0.4, 0.5) is 10.1 Å². The van der Waals surface area contributed by atoms with Gasteiger partial charge in [-0.15, -0.1) is 0 Å². The molecule has 132 valence electrons. The van der Waals surface area contributed by atoms with Gasteiger partial charge in [0.15, 0.2) is 13.1 Å². The first-order chi connectivity index (χ1) is 11.3. The van der Waals surface area contributed by atoms with Gasteiger partial charge in [0.25, 0.3) is 11.8 Å². The van der Waals surface area contributed by atoms with Gasteiger partial charge in [-0.25, -0.2) is 4.39 Å². The highest BCUT2D eigenvalue weighted by Gasteiger charge is 2.15. The Morgan fingerprint density at radius 1 is 1.04 bits per heavy atom. The summed E-state index contributed by atoms with van der Waals surface area (Å²) in [6.07, 6.45) is 0. The van der Waals surface area contributed by atoms with Gasteiger partial charge in [0, 0.05) is 11.7 Å². The fourth-order valence-corrected chi connectivity index (χ4v) is 1.96. The summed E-state index contributed by atoms with van der Waals surface area (Å²) in [5, 5.41) is 7.77. The highest BCUT2D eigenvalue weighted by molar-refractivity contribution is 5.94. The number of hydrogen-bond acceptors (Lipinski definition) is 3. The molecule has 0 radical (unpaired) electrons. The van der Waals surface area contributed by atoms with Gasteiger partial charge in [0.2, 0.25) is 5.91 Å². The Morgan fingerprint density at radius 3 is 2.21 bits per heavy atom. The van der Waals surface area contributed by atoms with E-state index in [0.717, 1.165) is 0 Å². The van der Waals surface area contributed by atoms with E-state index in [1.165, 1.54) is 24.3 Å². The van der Waals surface area contributed by atoms with Crippen molar-refractivity contribution in [3.8, 4) is 0 Å². The average molecular weight is 339 g/mol. The molecule has 0 bridgehead atoms. The van der Waals surface area contributed by atoms with E-state index in [0.29, 0.717) is 10.6 Å². The van der Waals surface area contributed by atoms with Crippen molar-refractivity contribution < 1.29 is 23.7 Å². The third kappa shape index (κ3) is 8.23. The van der Waals surface area contributed by atoms with Gasteiger partial charge in [-0.2, -0.15) is 0 Å². The molecular formula is C16H24FN4O3+. The van der Waals surface area contributed by atoms with Crippen LogP contribution < -0.4 is 20.9 Å². The Hall–Kier alpha value is -2.48. The van der Waals surface area contributed by atoms with Crippen molar-refractivity contribution in [2.45, 2.75) is 19.9 Å². The van der Waals surface area contributed by atoms with E-state index in [1.54, 1.807) is 7.05 Å². The lowest BCUT2D eigenvalue weighted by atomic mass is 10.3. The van der Waals surface area contributed by atoms with Gasteiger partial charge in [-0.1, -0.05) is 0 Å². The van der Waals surface area contributed by atoms with Crippen LogP contribution >= 0.6 is 0 Å². The third-order valence-corrected chi connectivity index (χ3v) is 2.95. The maximum absolute atomic E-state index is 12.8. The molecule has 0 saturated heterocycles. The molecule has 1 aromatic carbocycles. The number of hydrogen-bond donors (Lipinski definition) is 4. The predicted molar refractivity (Wildman–Crippen MR) is 87.9 cm³/mol. The molecule has 1 aromatic rings. The Morgan fingerprint density at radius 2 is 1.62 bits per heavy atom. The number of nitrogens with one attached hydrogen (secondary N) is 4. The van der Waals surface area contributed by atoms with Crippen molar-refractivity contribution in [1.82, 2.24) is 10.6 Å². The molecular weight excluding hydrogens is 315 g/mol. The summed E-state index contributed by atoms with van der Waals surface area (Å²) in [5.41, 5.74) is 0.448. The number of carbonyl (C=O) groups excluding carboxylic acids is 3. The first-order valence-corrected chi connectivity index (χ1v) is 7.69. The van der Waals surface area contributed by atoms with E-state index in [4.69, 9.17) is 0 Å². The molecule has 0 heterocycles. The number of rotatable bonds is 8. The quantitative estimate of drug-likeness (QED) is 0.486. The van der Waals surface area contributed by atoms with Crippen molar-refractivity contribution in [2.75, 3.05) is 32.0 Å². The zero-order valence-electron chi connectivity index (χ0n) is 14.1.